The van der Waals surface area contributed by atoms with Crippen molar-refractivity contribution in [2.45, 2.75) is 44.9 Å². The van der Waals surface area contributed by atoms with Crippen molar-refractivity contribution in [1.29, 1.82) is 5.26 Å². The second-order valence-corrected chi connectivity index (χ2v) is 4.94. The van der Waals surface area contributed by atoms with Crippen LogP contribution in [0.1, 0.15) is 44.9 Å². The van der Waals surface area contributed by atoms with E-state index in [0.717, 1.165) is 0 Å². The number of carboxylic acids is 3. The Morgan fingerprint density at radius 3 is 1.81 bits per heavy atom. The number of aliphatic carboxylic acids is 3. The van der Waals surface area contributed by atoms with Gasteiger partial charge in [-0.15, -0.1) is 0 Å². The van der Waals surface area contributed by atoms with Crippen molar-refractivity contribution >= 4 is 17.9 Å². The lowest BCUT2D eigenvalue weighted by molar-refractivity contribution is -0.147. The molecule has 21 heavy (non-hydrogen) atoms. The molecule has 7 nitrogen and oxygen atoms in total. The van der Waals surface area contributed by atoms with Crippen LogP contribution in [0.5, 0.6) is 0 Å². The van der Waals surface area contributed by atoms with E-state index in [1.54, 1.807) is 12.2 Å². The van der Waals surface area contributed by atoms with Crippen molar-refractivity contribution in [3.63, 3.8) is 0 Å². The number of rotatable bonds is 11. The summed E-state index contributed by atoms with van der Waals surface area (Å²) in [5, 5.41) is 35.1. The van der Waals surface area contributed by atoms with Crippen LogP contribution < -0.4 is 0 Å². The van der Waals surface area contributed by atoms with Gasteiger partial charge in [-0.3, -0.25) is 14.4 Å². The lowest BCUT2D eigenvalue weighted by Crippen LogP contribution is -2.30. The van der Waals surface area contributed by atoms with E-state index in [1.807, 2.05) is 6.07 Å². The summed E-state index contributed by atoms with van der Waals surface area (Å²) in [6.07, 6.45) is 3.40. The lowest BCUT2D eigenvalue weighted by Gasteiger charge is -2.29. The largest absolute Gasteiger partial charge is 0.481 e. The van der Waals surface area contributed by atoms with Gasteiger partial charge < -0.3 is 15.3 Å². The Hall–Kier alpha value is -2.36. The van der Waals surface area contributed by atoms with Gasteiger partial charge in [-0.25, -0.2) is 0 Å². The van der Waals surface area contributed by atoms with Crippen molar-refractivity contribution < 1.29 is 29.7 Å². The Balaban J connectivity index is 4.81. The minimum Gasteiger partial charge on any atom is -0.481 e. The van der Waals surface area contributed by atoms with Crippen LogP contribution in [0.3, 0.4) is 0 Å². The Morgan fingerprint density at radius 1 is 0.952 bits per heavy atom. The number of hydrogen-bond donors (Lipinski definition) is 3. The first-order chi connectivity index (χ1) is 9.81. The number of allylic oxidation sites excluding steroid dienone is 2. The summed E-state index contributed by atoms with van der Waals surface area (Å²) < 4.78 is 0. The topological polar surface area (TPSA) is 136 Å². The number of carboxylic acid groups (broad SMARTS) is 3. The van der Waals surface area contributed by atoms with Crippen LogP contribution in [0.15, 0.2) is 12.2 Å². The van der Waals surface area contributed by atoms with E-state index < -0.39 is 42.6 Å². The molecule has 0 heterocycles. The molecule has 0 amide bonds. The number of hydrogen-bond acceptors (Lipinski definition) is 4. The van der Waals surface area contributed by atoms with Gasteiger partial charge in [0.15, 0.2) is 0 Å². The molecule has 0 aliphatic rings. The molecule has 0 bridgehead atoms. The third-order valence-electron chi connectivity index (χ3n) is 3.03. The maximum atomic E-state index is 10.9. The van der Waals surface area contributed by atoms with Crippen LogP contribution in [-0.2, 0) is 14.4 Å². The van der Waals surface area contributed by atoms with Crippen molar-refractivity contribution in [3.8, 4) is 6.07 Å². The highest BCUT2D eigenvalue weighted by atomic mass is 16.4. The van der Waals surface area contributed by atoms with Gasteiger partial charge in [0.25, 0.3) is 0 Å². The van der Waals surface area contributed by atoms with E-state index in [2.05, 4.69) is 0 Å². The average molecular weight is 297 g/mol. The molecule has 0 rings (SSSR count). The van der Waals surface area contributed by atoms with Crippen LogP contribution in [0, 0.1) is 16.7 Å². The quantitative estimate of drug-likeness (QED) is 0.392. The molecule has 0 aromatic heterocycles. The molecule has 0 aromatic rings. The minimum absolute atomic E-state index is 0.189. The molecule has 0 radical (unpaired) electrons. The summed E-state index contributed by atoms with van der Waals surface area (Å²) in [6.45, 7) is 0. The number of unbranched alkanes of at least 4 members (excludes halogenated alkanes) is 1. The summed E-state index contributed by atoms with van der Waals surface area (Å²) in [5.41, 5.74) is -1.29. The highest BCUT2D eigenvalue weighted by molar-refractivity contribution is 5.75. The summed E-state index contributed by atoms with van der Waals surface area (Å²) in [5.74, 6) is -3.63. The molecule has 0 saturated carbocycles. The van der Waals surface area contributed by atoms with Gasteiger partial charge in [0.2, 0.25) is 0 Å². The van der Waals surface area contributed by atoms with Gasteiger partial charge >= 0.3 is 17.9 Å². The zero-order chi connectivity index (χ0) is 16.3. The molecule has 7 heteroatoms. The standard InChI is InChI=1S/C14H19NO6/c15-7-5-3-1-2-4-6-14(8-11(16)17,9-12(18)19)10-13(20)21/h1,3H,2,4-6,8-10H2,(H,16,17)(H,18,19)(H,20,21). The van der Waals surface area contributed by atoms with E-state index in [9.17, 15) is 14.4 Å². The highest BCUT2D eigenvalue weighted by Gasteiger charge is 2.37. The van der Waals surface area contributed by atoms with E-state index in [-0.39, 0.29) is 12.8 Å². The first kappa shape index (κ1) is 18.6. The molecule has 0 aliphatic carbocycles. The van der Waals surface area contributed by atoms with Crippen molar-refractivity contribution in [3.05, 3.63) is 12.2 Å². The first-order valence-corrected chi connectivity index (χ1v) is 6.49. The molecule has 0 unspecified atom stereocenters. The zero-order valence-corrected chi connectivity index (χ0v) is 11.6. The minimum atomic E-state index is -1.29. The predicted molar refractivity (Wildman–Crippen MR) is 72.4 cm³/mol. The third-order valence-corrected chi connectivity index (χ3v) is 3.03. The fourth-order valence-electron chi connectivity index (χ4n) is 2.26. The molecular formula is C14H19NO6. The Bertz CT molecular complexity index is 408. The Kier molecular flexibility index (Phi) is 8.46. The molecule has 0 fully saturated rings. The average Bonchev–Trinajstić information content (AvgIpc) is 2.30. The van der Waals surface area contributed by atoms with Gasteiger partial charge in [0, 0.05) is 5.41 Å². The van der Waals surface area contributed by atoms with E-state index >= 15 is 0 Å². The predicted octanol–water partition coefficient (Wildman–Crippen LogP) is 2.04. The molecule has 0 aromatic carbocycles. The summed E-state index contributed by atoms with van der Waals surface area (Å²) in [6, 6.07) is 1.93. The summed E-state index contributed by atoms with van der Waals surface area (Å²) in [7, 11) is 0. The molecule has 0 aliphatic heterocycles. The second kappa shape index (κ2) is 9.53. The molecule has 116 valence electrons. The molecule has 3 N–H and O–H groups in total. The maximum Gasteiger partial charge on any atom is 0.303 e. The summed E-state index contributed by atoms with van der Waals surface area (Å²) >= 11 is 0. The molecular weight excluding hydrogens is 278 g/mol. The molecule has 0 spiro atoms. The smallest absolute Gasteiger partial charge is 0.303 e. The zero-order valence-electron chi connectivity index (χ0n) is 11.6. The van der Waals surface area contributed by atoms with E-state index in [4.69, 9.17) is 20.6 Å². The van der Waals surface area contributed by atoms with Crippen LogP contribution in [0.4, 0.5) is 0 Å². The van der Waals surface area contributed by atoms with Crippen LogP contribution >= 0.6 is 0 Å². The number of nitrogens with zero attached hydrogens (tertiary/aromatic N) is 1. The second-order valence-electron chi connectivity index (χ2n) is 4.94. The highest BCUT2D eigenvalue weighted by Crippen LogP contribution is 2.37. The van der Waals surface area contributed by atoms with E-state index in [0.29, 0.717) is 12.8 Å². The van der Waals surface area contributed by atoms with Gasteiger partial charge in [-0.05, 0) is 19.3 Å². The molecule has 0 saturated heterocycles. The van der Waals surface area contributed by atoms with Crippen molar-refractivity contribution in [2.24, 2.45) is 5.41 Å². The Labute approximate surface area is 122 Å². The van der Waals surface area contributed by atoms with E-state index in [1.165, 1.54) is 0 Å². The normalized spacial score (nSPS) is 11.2. The Morgan fingerprint density at radius 2 is 1.43 bits per heavy atom. The fraction of sp³-hybridized carbons (Fsp3) is 0.571. The van der Waals surface area contributed by atoms with Crippen LogP contribution in [0.25, 0.3) is 0 Å². The number of nitriles is 1. The third kappa shape index (κ3) is 9.21. The van der Waals surface area contributed by atoms with Crippen molar-refractivity contribution in [1.82, 2.24) is 0 Å². The monoisotopic (exact) mass is 297 g/mol. The van der Waals surface area contributed by atoms with Gasteiger partial charge in [-0.2, -0.15) is 5.26 Å². The van der Waals surface area contributed by atoms with Gasteiger partial charge in [0.1, 0.15) is 0 Å². The maximum absolute atomic E-state index is 10.9. The van der Waals surface area contributed by atoms with Gasteiger partial charge in [0.05, 0.1) is 31.8 Å². The van der Waals surface area contributed by atoms with Crippen LogP contribution in [0.2, 0.25) is 0 Å². The van der Waals surface area contributed by atoms with Crippen LogP contribution in [-0.4, -0.2) is 33.2 Å². The fourth-order valence-corrected chi connectivity index (χ4v) is 2.26. The first-order valence-electron chi connectivity index (χ1n) is 6.49. The lowest BCUT2D eigenvalue weighted by atomic mass is 9.74. The van der Waals surface area contributed by atoms with Crippen molar-refractivity contribution in [2.75, 3.05) is 0 Å². The molecule has 0 atom stereocenters. The number of carbonyl (C=O) groups is 3. The SMILES string of the molecule is N#CCC=CCCCC(CC(=O)O)(CC(=O)O)CC(=O)O. The summed E-state index contributed by atoms with van der Waals surface area (Å²) in [4.78, 5) is 32.7. The van der Waals surface area contributed by atoms with Gasteiger partial charge in [-0.1, -0.05) is 12.2 Å².